The van der Waals surface area contributed by atoms with Gasteiger partial charge in [0.2, 0.25) is 0 Å². The molecule has 0 rings (SSSR count). The Morgan fingerprint density at radius 3 is 2.69 bits per heavy atom. The van der Waals surface area contributed by atoms with Crippen LogP contribution in [0.3, 0.4) is 0 Å². The molecule has 0 aromatic heterocycles. The first-order valence-electron chi connectivity index (χ1n) is 5.03. The molecule has 0 aliphatic rings. The van der Waals surface area contributed by atoms with Gasteiger partial charge in [-0.25, -0.2) is 0 Å². The van der Waals surface area contributed by atoms with E-state index in [1.54, 1.807) is 0 Å². The van der Waals surface area contributed by atoms with Crippen LogP contribution in [0.2, 0.25) is 0 Å². The molecule has 0 amide bonds. The van der Waals surface area contributed by atoms with E-state index in [9.17, 15) is 4.79 Å². The van der Waals surface area contributed by atoms with E-state index in [1.807, 2.05) is 6.08 Å². The molecule has 0 spiro atoms. The second-order valence-corrected chi connectivity index (χ2v) is 3.47. The molecular formula is C11H20O2. The van der Waals surface area contributed by atoms with Gasteiger partial charge < -0.3 is 5.11 Å². The van der Waals surface area contributed by atoms with Gasteiger partial charge in [0.1, 0.15) is 0 Å². The van der Waals surface area contributed by atoms with Gasteiger partial charge >= 0.3 is 5.97 Å². The van der Waals surface area contributed by atoms with Crippen LogP contribution >= 0.6 is 0 Å². The molecule has 0 fully saturated rings. The Labute approximate surface area is 80.7 Å². The first kappa shape index (κ1) is 12.2. The predicted octanol–water partition coefficient (Wildman–Crippen LogP) is 3.23. The molecule has 0 saturated heterocycles. The molecule has 2 heteroatoms. The van der Waals surface area contributed by atoms with Crippen LogP contribution in [0.4, 0.5) is 0 Å². The molecule has 0 saturated carbocycles. The standard InChI is InChI=1S/C11H20O2/c1-3-5-7-10(8-6-4-2)9-11(12)13/h3,10H,1,4-9H2,2H3,(H,12,13). The highest BCUT2D eigenvalue weighted by molar-refractivity contribution is 5.66. The maximum absolute atomic E-state index is 10.5. The van der Waals surface area contributed by atoms with Crippen molar-refractivity contribution in [2.24, 2.45) is 5.92 Å². The third kappa shape index (κ3) is 7.57. The number of carbonyl (C=O) groups is 1. The van der Waals surface area contributed by atoms with Crippen molar-refractivity contribution in [2.75, 3.05) is 0 Å². The minimum Gasteiger partial charge on any atom is -0.481 e. The fraction of sp³-hybridized carbons (Fsp3) is 0.727. The SMILES string of the molecule is C=CCCC(CCCC)CC(=O)O. The van der Waals surface area contributed by atoms with Gasteiger partial charge in [-0.15, -0.1) is 6.58 Å². The Hall–Kier alpha value is -0.790. The van der Waals surface area contributed by atoms with Gasteiger partial charge in [-0.3, -0.25) is 4.79 Å². The number of allylic oxidation sites excluding steroid dienone is 1. The van der Waals surface area contributed by atoms with Crippen LogP contribution in [0.5, 0.6) is 0 Å². The molecule has 0 aromatic carbocycles. The number of unbranched alkanes of at least 4 members (excludes halogenated alkanes) is 1. The molecule has 0 aliphatic carbocycles. The predicted molar refractivity (Wildman–Crippen MR) is 54.7 cm³/mol. The van der Waals surface area contributed by atoms with E-state index in [-0.39, 0.29) is 0 Å². The van der Waals surface area contributed by atoms with E-state index >= 15 is 0 Å². The van der Waals surface area contributed by atoms with Gasteiger partial charge in [0, 0.05) is 6.42 Å². The minimum absolute atomic E-state index is 0.313. The highest BCUT2D eigenvalue weighted by Crippen LogP contribution is 2.18. The largest absolute Gasteiger partial charge is 0.481 e. The van der Waals surface area contributed by atoms with Crippen molar-refractivity contribution in [3.63, 3.8) is 0 Å². The summed E-state index contributed by atoms with van der Waals surface area (Å²) in [6.07, 6.45) is 7.39. The van der Waals surface area contributed by atoms with Crippen molar-refractivity contribution in [3.8, 4) is 0 Å². The maximum atomic E-state index is 10.5. The first-order chi connectivity index (χ1) is 6.20. The summed E-state index contributed by atoms with van der Waals surface area (Å²) in [6, 6.07) is 0. The smallest absolute Gasteiger partial charge is 0.303 e. The lowest BCUT2D eigenvalue weighted by atomic mass is 9.94. The summed E-state index contributed by atoms with van der Waals surface area (Å²) in [7, 11) is 0. The second kappa shape index (κ2) is 7.84. The quantitative estimate of drug-likeness (QED) is 0.588. The van der Waals surface area contributed by atoms with Crippen LogP contribution in [-0.4, -0.2) is 11.1 Å². The van der Waals surface area contributed by atoms with E-state index in [2.05, 4.69) is 13.5 Å². The molecule has 0 radical (unpaired) electrons. The van der Waals surface area contributed by atoms with Crippen LogP contribution < -0.4 is 0 Å². The van der Waals surface area contributed by atoms with Gasteiger partial charge in [-0.1, -0.05) is 25.8 Å². The van der Waals surface area contributed by atoms with E-state index in [0.29, 0.717) is 12.3 Å². The van der Waals surface area contributed by atoms with Gasteiger partial charge in [-0.2, -0.15) is 0 Å². The summed E-state index contributed by atoms with van der Waals surface area (Å²) in [5, 5.41) is 8.66. The number of hydrogen-bond donors (Lipinski definition) is 1. The average molecular weight is 184 g/mol. The van der Waals surface area contributed by atoms with E-state index in [4.69, 9.17) is 5.11 Å². The molecule has 1 unspecified atom stereocenters. The third-order valence-corrected chi connectivity index (χ3v) is 2.21. The van der Waals surface area contributed by atoms with Gasteiger partial charge in [0.25, 0.3) is 0 Å². The monoisotopic (exact) mass is 184 g/mol. The topological polar surface area (TPSA) is 37.3 Å². The summed E-state index contributed by atoms with van der Waals surface area (Å²) >= 11 is 0. The van der Waals surface area contributed by atoms with Crippen LogP contribution in [0.15, 0.2) is 12.7 Å². The van der Waals surface area contributed by atoms with E-state index < -0.39 is 5.97 Å². The molecule has 1 atom stereocenters. The Balaban J connectivity index is 3.72. The summed E-state index contributed by atoms with van der Waals surface area (Å²) in [5.74, 6) is -0.333. The zero-order valence-corrected chi connectivity index (χ0v) is 8.46. The van der Waals surface area contributed by atoms with E-state index in [1.165, 1.54) is 0 Å². The molecule has 0 aromatic rings. The molecule has 2 nitrogen and oxygen atoms in total. The molecule has 0 bridgehead atoms. The molecule has 0 aliphatic heterocycles. The third-order valence-electron chi connectivity index (χ3n) is 2.21. The zero-order valence-electron chi connectivity index (χ0n) is 8.46. The lowest BCUT2D eigenvalue weighted by Crippen LogP contribution is -2.07. The minimum atomic E-state index is -0.676. The highest BCUT2D eigenvalue weighted by Gasteiger charge is 2.11. The summed E-state index contributed by atoms with van der Waals surface area (Å²) < 4.78 is 0. The number of rotatable bonds is 8. The fourth-order valence-corrected chi connectivity index (χ4v) is 1.44. The Morgan fingerprint density at radius 1 is 1.54 bits per heavy atom. The second-order valence-electron chi connectivity index (χ2n) is 3.47. The lowest BCUT2D eigenvalue weighted by Gasteiger charge is -2.12. The Bertz CT molecular complexity index is 152. The molecule has 0 heterocycles. The highest BCUT2D eigenvalue weighted by atomic mass is 16.4. The van der Waals surface area contributed by atoms with Crippen molar-refractivity contribution in [1.29, 1.82) is 0 Å². The number of aliphatic carboxylic acids is 1. The van der Waals surface area contributed by atoms with Crippen LogP contribution in [0.1, 0.15) is 45.4 Å². The van der Waals surface area contributed by atoms with Crippen molar-refractivity contribution >= 4 is 5.97 Å². The Kier molecular flexibility index (Phi) is 7.36. The Morgan fingerprint density at radius 2 is 2.23 bits per heavy atom. The molecule has 13 heavy (non-hydrogen) atoms. The molecule has 76 valence electrons. The van der Waals surface area contributed by atoms with Gasteiger partial charge in [0.15, 0.2) is 0 Å². The fourth-order valence-electron chi connectivity index (χ4n) is 1.44. The lowest BCUT2D eigenvalue weighted by molar-refractivity contribution is -0.138. The van der Waals surface area contributed by atoms with Gasteiger partial charge in [-0.05, 0) is 25.2 Å². The first-order valence-corrected chi connectivity index (χ1v) is 5.03. The number of carboxylic acid groups (broad SMARTS) is 1. The van der Waals surface area contributed by atoms with Crippen molar-refractivity contribution in [3.05, 3.63) is 12.7 Å². The maximum Gasteiger partial charge on any atom is 0.303 e. The van der Waals surface area contributed by atoms with Gasteiger partial charge in [0.05, 0.1) is 0 Å². The van der Waals surface area contributed by atoms with Crippen LogP contribution in [0.25, 0.3) is 0 Å². The van der Waals surface area contributed by atoms with Crippen LogP contribution in [0, 0.1) is 5.92 Å². The van der Waals surface area contributed by atoms with Crippen molar-refractivity contribution < 1.29 is 9.90 Å². The number of hydrogen-bond acceptors (Lipinski definition) is 1. The van der Waals surface area contributed by atoms with Crippen LogP contribution in [-0.2, 0) is 4.79 Å². The average Bonchev–Trinajstić information content (AvgIpc) is 2.09. The summed E-state index contributed by atoms with van der Waals surface area (Å²) in [4.78, 5) is 10.5. The molecular weight excluding hydrogens is 164 g/mol. The zero-order chi connectivity index (χ0) is 10.1. The van der Waals surface area contributed by atoms with Crippen molar-refractivity contribution in [1.82, 2.24) is 0 Å². The summed E-state index contributed by atoms with van der Waals surface area (Å²) in [5.41, 5.74) is 0. The molecule has 1 N–H and O–H groups in total. The normalized spacial score (nSPS) is 12.4. The van der Waals surface area contributed by atoms with E-state index in [0.717, 1.165) is 32.1 Å². The van der Waals surface area contributed by atoms with Crippen molar-refractivity contribution in [2.45, 2.75) is 45.4 Å². The summed E-state index contributed by atoms with van der Waals surface area (Å²) in [6.45, 7) is 5.77. The number of carboxylic acids is 1.